The van der Waals surface area contributed by atoms with Gasteiger partial charge in [-0.05, 0) is 24.6 Å². The van der Waals surface area contributed by atoms with Crippen LogP contribution in [0.25, 0.3) is 0 Å². The van der Waals surface area contributed by atoms with E-state index in [-0.39, 0.29) is 5.56 Å². The van der Waals surface area contributed by atoms with E-state index in [9.17, 15) is 41.0 Å². The fourth-order valence-electron chi connectivity index (χ4n) is 2.68. The van der Waals surface area contributed by atoms with Crippen molar-refractivity contribution < 1.29 is 41.0 Å². The summed E-state index contributed by atoms with van der Waals surface area (Å²) in [6, 6.07) is -0.194. The summed E-state index contributed by atoms with van der Waals surface area (Å²) in [5.74, 6) is -3.31. The van der Waals surface area contributed by atoms with Crippen LogP contribution in [0.15, 0.2) is 24.3 Å². The molecule has 25 heavy (non-hydrogen) atoms. The Balaban J connectivity index is 2.51. The van der Waals surface area contributed by atoms with Crippen LogP contribution in [0, 0.1) is 5.92 Å². The molecule has 0 aliphatic carbocycles. The van der Waals surface area contributed by atoms with Crippen molar-refractivity contribution in [2.75, 3.05) is 0 Å². The molecule has 3 N–H and O–H groups in total. The Bertz CT molecular complexity index is 685. The molecule has 1 aliphatic heterocycles. The Hall–Kier alpha value is -2.30. The summed E-state index contributed by atoms with van der Waals surface area (Å²) in [5.41, 5.74) is -5.10. The zero-order chi connectivity index (χ0) is 19.2. The number of Topliss-reactive ketones (excluding diaryl/α,β-unsaturated/α-hetero) is 1. The number of hydrogen-bond acceptors (Lipinski definition) is 3. The molecule has 3 atom stereocenters. The molecule has 5 nitrogen and oxygen atoms in total. The van der Waals surface area contributed by atoms with Gasteiger partial charge in [-0.15, -0.1) is 0 Å². The van der Waals surface area contributed by atoms with Gasteiger partial charge in [0.2, 0.25) is 5.72 Å². The summed E-state index contributed by atoms with van der Waals surface area (Å²) in [7, 11) is 0. The molecule has 2 amide bonds. The zero-order valence-electron chi connectivity index (χ0n) is 12.5. The van der Waals surface area contributed by atoms with Gasteiger partial charge in [-0.3, -0.25) is 4.79 Å². The van der Waals surface area contributed by atoms with Crippen LogP contribution in [0.3, 0.4) is 0 Å². The maximum Gasteiger partial charge on any atom is 0.437 e. The van der Waals surface area contributed by atoms with Gasteiger partial charge in [0.25, 0.3) is 0 Å². The van der Waals surface area contributed by atoms with Gasteiger partial charge in [0.15, 0.2) is 0 Å². The minimum atomic E-state index is -5.38. The summed E-state index contributed by atoms with van der Waals surface area (Å²) < 4.78 is 77.4. The zero-order valence-corrected chi connectivity index (χ0v) is 12.5. The van der Waals surface area contributed by atoms with Gasteiger partial charge < -0.3 is 15.7 Å². The third-order valence-electron chi connectivity index (χ3n) is 3.84. The minimum absolute atomic E-state index is 0.189. The molecule has 11 heteroatoms. The highest BCUT2D eigenvalue weighted by molar-refractivity contribution is 5.86. The highest BCUT2D eigenvalue weighted by Crippen LogP contribution is 2.43. The van der Waals surface area contributed by atoms with E-state index in [1.165, 1.54) is 5.32 Å². The third kappa shape index (κ3) is 3.41. The molecular weight excluding hydrogens is 358 g/mol. The molecule has 2 rings (SSSR count). The van der Waals surface area contributed by atoms with E-state index in [1.807, 2.05) is 5.32 Å². The third-order valence-corrected chi connectivity index (χ3v) is 3.84. The minimum Gasteiger partial charge on any atom is -0.363 e. The van der Waals surface area contributed by atoms with E-state index in [0.29, 0.717) is 12.1 Å². The molecule has 0 unspecified atom stereocenters. The van der Waals surface area contributed by atoms with Crippen molar-refractivity contribution in [3.05, 3.63) is 35.4 Å². The van der Waals surface area contributed by atoms with Crippen molar-refractivity contribution in [1.29, 1.82) is 0 Å². The van der Waals surface area contributed by atoms with Gasteiger partial charge in [-0.1, -0.05) is 12.1 Å². The first-order valence-electron chi connectivity index (χ1n) is 6.83. The number of benzene rings is 1. The van der Waals surface area contributed by atoms with Crippen LogP contribution in [0.5, 0.6) is 0 Å². The molecule has 0 bridgehead atoms. The number of amides is 2. The van der Waals surface area contributed by atoms with E-state index < -0.39 is 47.4 Å². The van der Waals surface area contributed by atoms with Crippen LogP contribution in [-0.4, -0.2) is 28.8 Å². The van der Waals surface area contributed by atoms with Crippen LogP contribution < -0.4 is 10.6 Å². The Morgan fingerprint density at radius 3 is 2.04 bits per heavy atom. The van der Waals surface area contributed by atoms with Crippen LogP contribution in [0.4, 0.5) is 31.1 Å². The summed E-state index contributed by atoms with van der Waals surface area (Å²) in [6.45, 7) is 0.775. The lowest BCUT2D eigenvalue weighted by Crippen LogP contribution is -2.72. The fraction of sp³-hybridized carbons (Fsp3) is 0.429. The standard InChI is InChI=1S/C14H12F6N2O3/c1-6(23)9-10(7-2-4-8(5-3-7)13(15,16)17)21-11(24)22-12(9,25)14(18,19)20/h2-5,9-10,25H,1H3,(H2,21,22,24)/t9-,10+,12+/m0/s1. The van der Waals surface area contributed by atoms with E-state index in [4.69, 9.17) is 0 Å². The van der Waals surface area contributed by atoms with Crippen molar-refractivity contribution in [3.8, 4) is 0 Å². The first-order chi connectivity index (χ1) is 11.3. The lowest BCUT2D eigenvalue weighted by molar-refractivity contribution is -0.290. The molecular formula is C14H12F6N2O3. The molecule has 0 saturated carbocycles. The highest BCUT2D eigenvalue weighted by Gasteiger charge is 2.65. The summed E-state index contributed by atoms with van der Waals surface area (Å²) >= 11 is 0. The van der Waals surface area contributed by atoms with E-state index in [2.05, 4.69) is 0 Å². The van der Waals surface area contributed by atoms with Crippen molar-refractivity contribution >= 4 is 11.8 Å². The Morgan fingerprint density at radius 2 is 1.64 bits per heavy atom. The lowest BCUT2D eigenvalue weighted by atomic mass is 9.79. The van der Waals surface area contributed by atoms with Crippen LogP contribution in [0.2, 0.25) is 0 Å². The van der Waals surface area contributed by atoms with E-state index in [1.54, 1.807) is 0 Å². The molecule has 1 aliphatic rings. The first kappa shape index (κ1) is 19.0. The Labute approximate surface area is 137 Å². The second kappa shape index (κ2) is 5.90. The molecule has 1 aromatic rings. The summed E-state index contributed by atoms with van der Waals surface area (Å²) in [5, 5.41) is 13.2. The first-order valence-corrected chi connectivity index (χ1v) is 6.83. The summed E-state index contributed by atoms with van der Waals surface area (Å²) in [4.78, 5) is 23.3. The quantitative estimate of drug-likeness (QED) is 0.700. The molecule has 138 valence electrons. The van der Waals surface area contributed by atoms with E-state index in [0.717, 1.165) is 19.1 Å². The smallest absolute Gasteiger partial charge is 0.363 e. The number of carbonyl (C=O) groups excluding carboxylic acids is 2. The molecule has 1 aromatic carbocycles. The molecule has 0 spiro atoms. The molecule has 0 radical (unpaired) electrons. The van der Waals surface area contributed by atoms with Crippen LogP contribution in [0.1, 0.15) is 24.1 Å². The number of hydrogen-bond donors (Lipinski definition) is 3. The maximum absolute atomic E-state index is 13.2. The van der Waals surface area contributed by atoms with Gasteiger partial charge in [0.1, 0.15) is 5.78 Å². The van der Waals surface area contributed by atoms with Gasteiger partial charge in [-0.25, -0.2) is 4.79 Å². The van der Waals surface area contributed by atoms with Gasteiger partial charge in [0, 0.05) is 0 Å². The van der Waals surface area contributed by atoms with Crippen molar-refractivity contribution in [1.82, 2.24) is 10.6 Å². The number of urea groups is 1. The second-order valence-corrected chi connectivity index (χ2v) is 5.55. The Morgan fingerprint density at radius 1 is 1.12 bits per heavy atom. The summed E-state index contributed by atoms with van der Waals surface area (Å²) in [6.07, 6.45) is -10.0. The average molecular weight is 370 g/mol. The number of aliphatic hydroxyl groups is 1. The number of rotatable bonds is 2. The maximum atomic E-state index is 13.2. The van der Waals surface area contributed by atoms with Gasteiger partial charge in [0.05, 0.1) is 17.5 Å². The topological polar surface area (TPSA) is 78.4 Å². The van der Waals surface area contributed by atoms with E-state index >= 15 is 0 Å². The van der Waals surface area contributed by atoms with Crippen LogP contribution >= 0.6 is 0 Å². The monoisotopic (exact) mass is 370 g/mol. The predicted octanol–water partition coefficient (Wildman–Crippen LogP) is 2.52. The normalized spacial score (nSPS) is 27.4. The molecule has 1 saturated heterocycles. The number of halogens is 6. The Kier molecular flexibility index (Phi) is 4.49. The second-order valence-electron chi connectivity index (χ2n) is 5.55. The van der Waals surface area contributed by atoms with Crippen molar-refractivity contribution in [2.45, 2.75) is 31.0 Å². The SMILES string of the molecule is CC(=O)[C@H]1[C@@H](c2ccc(C(F)(F)F)cc2)NC(=O)N[C@]1(O)C(F)(F)F. The number of ketones is 1. The van der Waals surface area contributed by atoms with Gasteiger partial charge in [-0.2, -0.15) is 26.3 Å². The molecule has 1 heterocycles. The highest BCUT2D eigenvalue weighted by atomic mass is 19.4. The number of carbonyl (C=O) groups is 2. The average Bonchev–Trinajstić information content (AvgIpc) is 2.44. The molecule has 0 aromatic heterocycles. The number of nitrogens with one attached hydrogen (secondary N) is 2. The predicted molar refractivity (Wildman–Crippen MR) is 71.0 cm³/mol. The van der Waals surface area contributed by atoms with Crippen molar-refractivity contribution in [2.24, 2.45) is 5.92 Å². The largest absolute Gasteiger partial charge is 0.437 e. The van der Waals surface area contributed by atoms with Gasteiger partial charge >= 0.3 is 18.4 Å². The number of alkyl halides is 6. The van der Waals surface area contributed by atoms with Crippen molar-refractivity contribution in [3.63, 3.8) is 0 Å². The lowest BCUT2D eigenvalue weighted by Gasteiger charge is -2.44. The fourth-order valence-corrected chi connectivity index (χ4v) is 2.68. The van der Waals surface area contributed by atoms with Crippen LogP contribution in [-0.2, 0) is 11.0 Å². The molecule has 1 fully saturated rings.